The molecule has 0 radical (unpaired) electrons. The van der Waals surface area contributed by atoms with Crippen LogP contribution >= 0.6 is 23.4 Å². The highest BCUT2D eigenvalue weighted by molar-refractivity contribution is 7.99. The van der Waals surface area contributed by atoms with E-state index in [2.05, 4.69) is 4.98 Å². The van der Waals surface area contributed by atoms with E-state index < -0.39 is 6.10 Å². The molecule has 1 heterocycles. The Hall–Kier alpha value is -1.03. The van der Waals surface area contributed by atoms with Crippen LogP contribution < -0.4 is 0 Å². The average Bonchev–Trinajstić information content (AvgIpc) is 2.29. The van der Waals surface area contributed by atoms with Crippen LogP contribution in [0.5, 0.6) is 0 Å². The van der Waals surface area contributed by atoms with Crippen molar-refractivity contribution in [2.75, 3.05) is 0 Å². The van der Waals surface area contributed by atoms with E-state index in [9.17, 15) is 5.11 Å². The lowest BCUT2D eigenvalue weighted by Crippen LogP contribution is -1.91. The van der Waals surface area contributed by atoms with E-state index in [1.807, 2.05) is 36.4 Å². The normalized spacial score (nSPS) is 12.4. The third-order valence-electron chi connectivity index (χ3n) is 2.26. The fourth-order valence-corrected chi connectivity index (χ4v) is 2.42. The zero-order valence-corrected chi connectivity index (χ0v) is 10.9. The highest BCUT2D eigenvalue weighted by atomic mass is 35.5. The predicted molar refractivity (Wildman–Crippen MR) is 70.4 cm³/mol. The van der Waals surface area contributed by atoms with Crippen molar-refractivity contribution in [3.63, 3.8) is 0 Å². The summed E-state index contributed by atoms with van der Waals surface area (Å²) in [5.74, 6) is 0. The van der Waals surface area contributed by atoms with Crippen LogP contribution in [0.2, 0.25) is 5.02 Å². The quantitative estimate of drug-likeness (QED) is 0.913. The Morgan fingerprint density at radius 3 is 2.71 bits per heavy atom. The van der Waals surface area contributed by atoms with Crippen LogP contribution in [0.15, 0.2) is 52.5 Å². The van der Waals surface area contributed by atoms with Gasteiger partial charge in [0.05, 0.1) is 6.10 Å². The number of pyridine rings is 1. The van der Waals surface area contributed by atoms with Crippen molar-refractivity contribution in [3.8, 4) is 0 Å². The molecule has 0 amide bonds. The molecule has 0 spiro atoms. The van der Waals surface area contributed by atoms with Gasteiger partial charge in [-0.3, -0.25) is 0 Å². The third kappa shape index (κ3) is 3.46. The van der Waals surface area contributed by atoms with E-state index in [0.717, 1.165) is 20.5 Å². The molecule has 88 valence electrons. The lowest BCUT2D eigenvalue weighted by atomic mass is 10.2. The van der Waals surface area contributed by atoms with Crippen LogP contribution in [0.3, 0.4) is 0 Å². The number of aliphatic hydroxyl groups is 1. The van der Waals surface area contributed by atoms with E-state index in [1.54, 1.807) is 24.9 Å². The number of benzene rings is 1. The molecule has 0 aliphatic rings. The Morgan fingerprint density at radius 1 is 1.29 bits per heavy atom. The van der Waals surface area contributed by atoms with Gasteiger partial charge >= 0.3 is 0 Å². The van der Waals surface area contributed by atoms with Crippen molar-refractivity contribution in [1.29, 1.82) is 0 Å². The van der Waals surface area contributed by atoms with Gasteiger partial charge in [0.1, 0.15) is 5.03 Å². The van der Waals surface area contributed by atoms with Crippen LogP contribution in [-0.2, 0) is 0 Å². The SMILES string of the molecule is C[C@@H](O)c1ccc(Sc2cccc(Cl)c2)nc1. The molecule has 0 saturated carbocycles. The summed E-state index contributed by atoms with van der Waals surface area (Å²) >= 11 is 7.46. The maximum absolute atomic E-state index is 9.38. The number of aromatic nitrogens is 1. The minimum Gasteiger partial charge on any atom is -0.389 e. The Kier molecular flexibility index (Phi) is 4.05. The summed E-state index contributed by atoms with van der Waals surface area (Å²) in [6.07, 6.45) is 1.21. The van der Waals surface area contributed by atoms with Gasteiger partial charge in [-0.15, -0.1) is 0 Å². The first-order valence-electron chi connectivity index (χ1n) is 5.22. The zero-order chi connectivity index (χ0) is 12.3. The van der Waals surface area contributed by atoms with Gasteiger partial charge in [0, 0.05) is 16.1 Å². The van der Waals surface area contributed by atoms with Crippen molar-refractivity contribution >= 4 is 23.4 Å². The van der Waals surface area contributed by atoms with Gasteiger partial charge in [0.15, 0.2) is 0 Å². The maximum Gasteiger partial charge on any atom is 0.101 e. The van der Waals surface area contributed by atoms with Crippen molar-refractivity contribution in [1.82, 2.24) is 4.98 Å². The van der Waals surface area contributed by atoms with Gasteiger partial charge in [0.2, 0.25) is 0 Å². The van der Waals surface area contributed by atoms with Crippen molar-refractivity contribution < 1.29 is 5.11 Å². The number of rotatable bonds is 3. The molecule has 0 saturated heterocycles. The molecule has 4 heteroatoms. The third-order valence-corrected chi connectivity index (χ3v) is 3.44. The van der Waals surface area contributed by atoms with Crippen LogP contribution in [0.25, 0.3) is 0 Å². The zero-order valence-electron chi connectivity index (χ0n) is 9.30. The number of aliphatic hydroxyl groups excluding tert-OH is 1. The second-order valence-corrected chi connectivity index (χ2v) is 5.20. The molecule has 2 nitrogen and oxygen atoms in total. The number of halogens is 1. The van der Waals surface area contributed by atoms with Crippen LogP contribution in [-0.4, -0.2) is 10.1 Å². The molecule has 2 aromatic rings. The fraction of sp³-hybridized carbons (Fsp3) is 0.154. The predicted octanol–water partition coefficient (Wildman–Crippen LogP) is 3.94. The molecule has 0 fully saturated rings. The monoisotopic (exact) mass is 265 g/mol. The fourth-order valence-electron chi connectivity index (χ4n) is 1.35. The molecule has 0 unspecified atom stereocenters. The van der Waals surface area contributed by atoms with Crippen LogP contribution in [0.4, 0.5) is 0 Å². The molecule has 2 rings (SSSR count). The smallest absolute Gasteiger partial charge is 0.101 e. The lowest BCUT2D eigenvalue weighted by Gasteiger charge is -2.05. The Balaban J connectivity index is 2.14. The van der Waals surface area contributed by atoms with E-state index in [1.165, 1.54) is 0 Å². The molecular formula is C13H12ClNOS. The summed E-state index contributed by atoms with van der Waals surface area (Å²) in [6, 6.07) is 11.4. The summed E-state index contributed by atoms with van der Waals surface area (Å²) in [5.41, 5.74) is 0.820. The molecule has 0 bridgehead atoms. The highest BCUT2D eigenvalue weighted by Gasteiger charge is 2.03. The Labute approximate surface area is 110 Å². The van der Waals surface area contributed by atoms with E-state index in [-0.39, 0.29) is 0 Å². The van der Waals surface area contributed by atoms with Crippen LogP contribution in [0.1, 0.15) is 18.6 Å². The molecule has 1 aromatic heterocycles. The van der Waals surface area contributed by atoms with Crippen molar-refractivity contribution in [3.05, 3.63) is 53.2 Å². The van der Waals surface area contributed by atoms with E-state index >= 15 is 0 Å². The summed E-state index contributed by atoms with van der Waals surface area (Å²) in [7, 11) is 0. The molecule has 1 N–H and O–H groups in total. The molecule has 0 aliphatic carbocycles. The highest BCUT2D eigenvalue weighted by Crippen LogP contribution is 2.28. The van der Waals surface area contributed by atoms with E-state index in [4.69, 9.17) is 11.6 Å². The summed E-state index contributed by atoms with van der Waals surface area (Å²) in [6.45, 7) is 1.72. The number of hydrogen-bond acceptors (Lipinski definition) is 3. The summed E-state index contributed by atoms with van der Waals surface area (Å²) in [5, 5.41) is 11.0. The van der Waals surface area contributed by atoms with Gasteiger partial charge in [-0.1, -0.05) is 35.5 Å². The Morgan fingerprint density at radius 2 is 2.12 bits per heavy atom. The summed E-state index contributed by atoms with van der Waals surface area (Å²) in [4.78, 5) is 5.34. The van der Waals surface area contributed by atoms with Gasteiger partial charge in [-0.25, -0.2) is 4.98 Å². The van der Waals surface area contributed by atoms with Gasteiger partial charge in [-0.05, 0) is 36.8 Å². The Bertz CT molecular complexity index is 499. The second-order valence-electron chi connectivity index (χ2n) is 3.67. The summed E-state index contributed by atoms with van der Waals surface area (Å²) < 4.78 is 0. The minimum atomic E-state index is -0.479. The minimum absolute atomic E-state index is 0.479. The first kappa shape index (κ1) is 12.4. The molecule has 0 aliphatic heterocycles. The first-order chi connectivity index (χ1) is 8.15. The maximum atomic E-state index is 9.38. The second kappa shape index (κ2) is 5.54. The van der Waals surface area contributed by atoms with E-state index in [0.29, 0.717) is 0 Å². The van der Waals surface area contributed by atoms with Gasteiger partial charge < -0.3 is 5.11 Å². The molecule has 17 heavy (non-hydrogen) atoms. The standard InChI is InChI=1S/C13H12ClNOS/c1-9(16)10-5-6-13(15-8-10)17-12-4-2-3-11(14)7-12/h2-9,16H,1H3/t9-/m1/s1. The molecular weight excluding hydrogens is 254 g/mol. The van der Waals surface area contributed by atoms with Crippen molar-refractivity contribution in [2.45, 2.75) is 22.9 Å². The molecule has 1 aromatic carbocycles. The largest absolute Gasteiger partial charge is 0.389 e. The van der Waals surface area contributed by atoms with Crippen LogP contribution in [0, 0.1) is 0 Å². The van der Waals surface area contributed by atoms with Crippen molar-refractivity contribution in [2.24, 2.45) is 0 Å². The number of nitrogens with zero attached hydrogens (tertiary/aromatic N) is 1. The number of hydrogen-bond donors (Lipinski definition) is 1. The first-order valence-corrected chi connectivity index (χ1v) is 6.42. The molecule has 1 atom stereocenters. The average molecular weight is 266 g/mol. The topological polar surface area (TPSA) is 33.1 Å². The van der Waals surface area contributed by atoms with Gasteiger partial charge in [0.25, 0.3) is 0 Å². The lowest BCUT2D eigenvalue weighted by molar-refractivity contribution is 0.198. The van der Waals surface area contributed by atoms with Gasteiger partial charge in [-0.2, -0.15) is 0 Å².